The number of halogens is 1. The van der Waals surface area contributed by atoms with Crippen LogP contribution in [0.4, 0.5) is 10.1 Å². The molecule has 1 aliphatic rings. The van der Waals surface area contributed by atoms with E-state index in [9.17, 15) is 18.8 Å². The highest BCUT2D eigenvalue weighted by Gasteiger charge is 2.20. The fourth-order valence-corrected chi connectivity index (χ4v) is 1.90. The molecule has 2 heterocycles. The molecule has 0 saturated carbocycles. The number of aromatic nitrogens is 3. The van der Waals surface area contributed by atoms with Gasteiger partial charge in [-0.2, -0.15) is 9.78 Å². The normalized spacial score (nSPS) is 13.3. The summed E-state index contributed by atoms with van der Waals surface area (Å²) in [5.41, 5.74) is -1.37. The predicted molar refractivity (Wildman–Crippen MR) is 69.2 cm³/mol. The van der Waals surface area contributed by atoms with Gasteiger partial charge in [-0.3, -0.25) is 14.2 Å². The maximum atomic E-state index is 14.1. The third-order valence-corrected chi connectivity index (χ3v) is 2.99. The van der Waals surface area contributed by atoms with E-state index in [1.165, 1.54) is 13.1 Å². The first kappa shape index (κ1) is 13.0. The minimum Gasteiger partial charge on any atom is -0.481 e. The molecular weight excluding hydrogens is 283 g/mol. The largest absolute Gasteiger partial charge is 0.481 e. The van der Waals surface area contributed by atoms with Gasteiger partial charge in [0, 0.05) is 13.1 Å². The highest BCUT2D eigenvalue weighted by Crippen LogP contribution is 2.31. The molecule has 0 bridgehead atoms. The van der Waals surface area contributed by atoms with Crippen molar-refractivity contribution in [3.63, 3.8) is 0 Å². The summed E-state index contributed by atoms with van der Waals surface area (Å²) in [5, 5.41) is 6.12. The van der Waals surface area contributed by atoms with E-state index in [0.29, 0.717) is 0 Å². The van der Waals surface area contributed by atoms with Gasteiger partial charge in [-0.1, -0.05) is 0 Å². The Labute approximate surface area is 116 Å². The number of carbonyl (C=O) groups excluding carboxylic acids is 1. The minimum absolute atomic E-state index is 0.161. The van der Waals surface area contributed by atoms with Crippen LogP contribution in [0.2, 0.25) is 0 Å². The van der Waals surface area contributed by atoms with Gasteiger partial charge < -0.3 is 10.1 Å². The van der Waals surface area contributed by atoms with Crippen molar-refractivity contribution in [2.45, 2.75) is 0 Å². The van der Waals surface area contributed by atoms with Crippen molar-refractivity contribution < 1.29 is 13.9 Å². The quantitative estimate of drug-likeness (QED) is 0.757. The average Bonchev–Trinajstić information content (AvgIpc) is 2.45. The summed E-state index contributed by atoms with van der Waals surface area (Å²) in [6.45, 7) is -0.205. The molecule has 0 atom stereocenters. The van der Waals surface area contributed by atoms with Crippen molar-refractivity contribution in [1.82, 2.24) is 14.3 Å². The van der Waals surface area contributed by atoms with Crippen LogP contribution in [0.5, 0.6) is 5.75 Å². The van der Waals surface area contributed by atoms with E-state index in [1.54, 1.807) is 0 Å². The fourth-order valence-electron chi connectivity index (χ4n) is 1.90. The van der Waals surface area contributed by atoms with Gasteiger partial charge in [0.25, 0.3) is 11.5 Å². The topological polar surface area (TPSA) is 95.2 Å². The van der Waals surface area contributed by atoms with E-state index in [0.717, 1.165) is 21.5 Å². The zero-order valence-corrected chi connectivity index (χ0v) is 10.8. The number of ether oxygens (including phenoxy) is 1. The average molecular weight is 292 g/mol. The Balaban J connectivity index is 2.22. The SMILES string of the molecule is Cn1c(=O)cnn(-c2cc3c(cc2F)OCC(=O)N3)c1=O. The van der Waals surface area contributed by atoms with Gasteiger partial charge in [-0.25, -0.2) is 9.18 Å². The monoisotopic (exact) mass is 292 g/mol. The van der Waals surface area contributed by atoms with E-state index in [1.807, 2.05) is 0 Å². The number of fused-ring (bicyclic) bond motifs is 1. The molecule has 0 spiro atoms. The zero-order chi connectivity index (χ0) is 15.1. The molecular formula is C12H9FN4O4. The number of benzene rings is 1. The van der Waals surface area contributed by atoms with Crippen molar-refractivity contribution in [2.24, 2.45) is 7.05 Å². The maximum Gasteiger partial charge on any atom is 0.352 e. The summed E-state index contributed by atoms with van der Waals surface area (Å²) >= 11 is 0. The molecule has 3 rings (SSSR count). The molecule has 9 heteroatoms. The van der Waals surface area contributed by atoms with Crippen LogP contribution < -0.4 is 21.3 Å². The van der Waals surface area contributed by atoms with E-state index < -0.39 is 17.1 Å². The summed E-state index contributed by atoms with van der Waals surface area (Å²) in [6.07, 6.45) is 0.898. The summed E-state index contributed by atoms with van der Waals surface area (Å²) in [7, 11) is 1.25. The minimum atomic E-state index is -0.801. The van der Waals surface area contributed by atoms with Crippen molar-refractivity contribution in [1.29, 1.82) is 0 Å². The molecule has 1 aromatic heterocycles. The molecule has 108 valence electrons. The van der Waals surface area contributed by atoms with Crippen molar-refractivity contribution in [3.05, 3.63) is 45.0 Å². The molecule has 0 saturated heterocycles. The lowest BCUT2D eigenvalue weighted by Gasteiger charge is -2.19. The second kappa shape index (κ2) is 4.54. The Bertz CT molecular complexity index is 871. The molecule has 21 heavy (non-hydrogen) atoms. The van der Waals surface area contributed by atoms with Gasteiger partial charge in [0.1, 0.15) is 17.6 Å². The van der Waals surface area contributed by atoms with Gasteiger partial charge in [0.15, 0.2) is 12.4 Å². The Hall–Kier alpha value is -2.97. The second-order valence-electron chi connectivity index (χ2n) is 4.37. The van der Waals surface area contributed by atoms with Crippen molar-refractivity contribution in [2.75, 3.05) is 11.9 Å². The van der Waals surface area contributed by atoms with Crippen LogP contribution in [0, 0.1) is 5.82 Å². The molecule has 1 aromatic carbocycles. The summed E-state index contributed by atoms with van der Waals surface area (Å²) in [6, 6.07) is 2.27. The van der Waals surface area contributed by atoms with E-state index in [4.69, 9.17) is 4.74 Å². The van der Waals surface area contributed by atoms with E-state index in [-0.39, 0.29) is 29.6 Å². The van der Waals surface area contributed by atoms with Crippen LogP contribution in [-0.2, 0) is 11.8 Å². The van der Waals surface area contributed by atoms with Crippen LogP contribution in [0.1, 0.15) is 0 Å². The molecule has 8 nitrogen and oxygen atoms in total. The van der Waals surface area contributed by atoms with Gasteiger partial charge in [-0.15, -0.1) is 0 Å². The number of hydrogen-bond donors (Lipinski definition) is 1. The number of nitrogens with one attached hydrogen (secondary N) is 1. The van der Waals surface area contributed by atoms with Gasteiger partial charge in [-0.05, 0) is 6.07 Å². The summed E-state index contributed by atoms with van der Waals surface area (Å²) in [4.78, 5) is 34.5. The molecule has 1 N–H and O–H groups in total. The standard InChI is InChI=1S/C12H9FN4O4/c1-16-11(19)4-14-17(12(16)20)8-3-7-9(2-6(8)13)21-5-10(18)15-7/h2-4H,5H2,1H3,(H,15,18). The zero-order valence-electron chi connectivity index (χ0n) is 10.8. The van der Waals surface area contributed by atoms with E-state index in [2.05, 4.69) is 10.4 Å². The second-order valence-corrected chi connectivity index (χ2v) is 4.37. The van der Waals surface area contributed by atoms with Crippen molar-refractivity contribution >= 4 is 11.6 Å². The third kappa shape index (κ3) is 2.08. The van der Waals surface area contributed by atoms with Crippen LogP contribution in [0.15, 0.2) is 27.9 Å². The van der Waals surface area contributed by atoms with Crippen LogP contribution in [0.25, 0.3) is 5.69 Å². The first-order valence-corrected chi connectivity index (χ1v) is 5.89. The Kier molecular flexibility index (Phi) is 2.82. The highest BCUT2D eigenvalue weighted by molar-refractivity contribution is 5.95. The Morgan fingerprint density at radius 3 is 2.86 bits per heavy atom. The number of rotatable bonds is 1. The van der Waals surface area contributed by atoms with Crippen LogP contribution in [0.3, 0.4) is 0 Å². The molecule has 0 fully saturated rings. The van der Waals surface area contributed by atoms with E-state index >= 15 is 0 Å². The first-order valence-electron chi connectivity index (χ1n) is 5.89. The lowest BCUT2D eigenvalue weighted by Crippen LogP contribution is -2.38. The van der Waals surface area contributed by atoms with Crippen LogP contribution in [-0.4, -0.2) is 26.9 Å². The lowest BCUT2D eigenvalue weighted by molar-refractivity contribution is -0.118. The highest BCUT2D eigenvalue weighted by atomic mass is 19.1. The predicted octanol–water partition coefficient (Wildman–Crippen LogP) is -0.599. The summed E-state index contributed by atoms with van der Waals surface area (Å²) in [5.74, 6) is -0.993. The Morgan fingerprint density at radius 1 is 1.33 bits per heavy atom. The fraction of sp³-hybridized carbons (Fsp3) is 0.167. The molecule has 2 aromatic rings. The number of nitrogens with zero attached hydrogens (tertiary/aromatic N) is 3. The van der Waals surface area contributed by atoms with Gasteiger partial charge in [0.05, 0.1) is 5.69 Å². The van der Waals surface area contributed by atoms with Gasteiger partial charge >= 0.3 is 5.69 Å². The number of hydrogen-bond acceptors (Lipinski definition) is 5. The number of anilines is 1. The van der Waals surface area contributed by atoms with Gasteiger partial charge in [0.2, 0.25) is 0 Å². The molecule has 0 unspecified atom stereocenters. The lowest BCUT2D eigenvalue weighted by atomic mass is 10.2. The molecule has 0 radical (unpaired) electrons. The summed E-state index contributed by atoms with van der Waals surface area (Å²) < 4.78 is 20.7. The van der Waals surface area contributed by atoms with Crippen LogP contribution >= 0.6 is 0 Å². The third-order valence-electron chi connectivity index (χ3n) is 2.99. The molecule has 0 aliphatic carbocycles. The smallest absolute Gasteiger partial charge is 0.352 e. The maximum absolute atomic E-state index is 14.1. The number of carbonyl (C=O) groups is 1. The van der Waals surface area contributed by atoms with Crippen molar-refractivity contribution in [3.8, 4) is 11.4 Å². The Morgan fingerprint density at radius 2 is 2.10 bits per heavy atom. The number of amides is 1. The molecule has 1 amide bonds. The first-order chi connectivity index (χ1) is 9.97. The molecule has 1 aliphatic heterocycles.